The van der Waals surface area contributed by atoms with Gasteiger partial charge in [0.05, 0.1) is 27.7 Å². The summed E-state index contributed by atoms with van der Waals surface area (Å²) in [7, 11) is 1.03. The van der Waals surface area contributed by atoms with E-state index in [-0.39, 0.29) is 31.8 Å². The van der Waals surface area contributed by atoms with Crippen molar-refractivity contribution in [3.8, 4) is 0 Å². The second-order valence-corrected chi connectivity index (χ2v) is 17.1. The average molecular weight is 870 g/mol. The number of phosphoric acid groups is 1. The normalized spacial score (nSPS) is 14.5. The first-order chi connectivity index (χ1) is 29.4. The van der Waals surface area contributed by atoms with Crippen LogP contribution in [-0.2, 0) is 37.5 Å². The number of allylic oxidation sites excluding steroid dienone is 18. The number of likely N-dealkylation sites (N-methyl/N-ethyl adjacent to an activating group) is 1. The van der Waals surface area contributed by atoms with Gasteiger partial charge in [-0.25, -0.2) is 0 Å². The van der Waals surface area contributed by atoms with Crippen molar-refractivity contribution in [3.05, 3.63) is 109 Å². The number of unbranched alkanes of at least 4 members (excludes halogenated alkanes) is 6. The number of carbonyl (C=O) groups is 3. The molecule has 0 radical (unpaired) electrons. The molecule has 0 saturated carbocycles. The molecule has 0 bridgehead atoms. The Morgan fingerprint density at radius 3 is 1.62 bits per heavy atom. The highest BCUT2D eigenvalue weighted by Gasteiger charge is 2.21. The van der Waals surface area contributed by atoms with Gasteiger partial charge in [-0.1, -0.05) is 143 Å². The number of ketones is 1. The minimum Gasteiger partial charge on any atom is -0.756 e. The average Bonchev–Trinajstić information content (AvgIpc) is 3.21. The van der Waals surface area contributed by atoms with Crippen molar-refractivity contribution in [2.75, 3.05) is 47.5 Å². The highest BCUT2D eigenvalue weighted by atomic mass is 31.2. The third-order valence-corrected chi connectivity index (χ3v) is 9.72. The van der Waals surface area contributed by atoms with Gasteiger partial charge >= 0.3 is 11.9 Å². The maximum Gasteiger partial charge on any atom is 0.306 e. The van der Waals surface area contributed by atoms with Crippen molar-refractivity contribution in [1.29, 1.82) is 0 Å². The molecule has 0 saturated heterocycles. The lowest BCUT2D eigenvalue weighted by Gasteiger charge is -2.28. The highest BCUT2D eigenvalue weighted by Crippen LogP contribution is 2.38. The van der Waals surface area contributed by atoms with Gasteiger partial charge in [-0.2, -0.15) is 0 Å². The summed E-state index contributed by atoms with van der Waals surface area (Å²) in [6.45, 7) is 3.83. The standard InChI is InChI=1S/C50H80NO9P/c1-6-8-10-11-12-13-14-15-16-17-18-19-20-21-24-27-30-33-37-41-49(53)57-45-48(46-59-61(55,56)58-44-43-51(3,4)5)60-50(54)42-38-34-31-28-25-22-23-26-29-32-36-40-47(52)39-35-9-7-2/h12-13,15-16,18-19,21-24,28-33,36,40,48H,6-11,14,17,20,25-27,34-35,37-39,41-46H2,1-5H3/b13-12-,16-15-,19-18-,23-22-,24-21-,31-28-,32-29-,33-30-,40-36+/t48-/m1/s1. The zero-order valence-corrected chi connectivity index (χ0v) is 39.2. The molecule has 0 heterocycles. The number of carbonyl (C=O) groups excluding carboxylic acids is 3. The Morgan fingerprint density at radius 2 is 1.07 bits per heavy atom. The molecule has 0 aliphatic heterocycles. The SMILES string of the molecule is CCCCC/C=C\C/C=C\C/C=C\C/C=C\C/C=C\CCC(=O)OC[C@H](COP(=O)([O-])OCC[N+](C)(C)C)OC(=O)CCC/C=C\C/C=C\C/C=C\C=C\C(=O)CCCCC. The molecule has 0 fully saturated rings. The van der Waals surface area contributed by atoms with Gasteiger partial charge in [-0.3, -0.25) is 18.9 Å². The molecule has 0 aromatic heterocycles. The van der Waals surface area contributed by atoms with Gasteiger partial charge in [-0.15, -0.1) is 0 Å². The lowest BCUT2D eigenvalue weighted by atomic mass is 10.1. The van der Waals surface area contributed by atoms with Crippen molar-refractivity contribution in [2.45, 2.75) is 142 Å². The van der Waals surface area contributed by atoms with Crippen molar-refractivity contribution in [3.63, 3.8) is 0 Å². The zero-order valence-electron chi connectivity index (χ0n) is 38.3. The quantitative estimate of drug-likeness (QED) is 0.0113. The first-order valence-electron chi connectivity index (χ1n) is 22.5. The molecule has 61 heavy (non-hydrogen) atoms. The topological polar surface area (TPSA) is 128 Å². The van der Waals surface area contributed by atoms with Crippen LogP contribution in [0.3, 0.4) is 0 Å². The molecule has 0 rings (SSSR count). The van der Waals surface area contributed by atoms with Crippen LogP contribution < -0.4 is 4.89 Å². The Morgan fingerprint density at radius 1 is 0.557 bits per heavy atom. The fourth-order valence-corrected chi connectivity index (χ4v) is 5.90. The molecule has 0 aromatic carbocycles. The molecule has 0 aliphatic rings. The first-order valence-corrected chi connectivity index (χ1v) is 24.0. The monoisotopic (exact) mass is 870 g/mol. The van der Waals surface area contributed by atoms with Gasteiger partial charge in [0, 0.05) is 19.3 Å². The Hall–Kier alpha value is -3.66. The Balaban J connectivity index is 4.63. The van der Waals surface area contributed by atoms with E-state index in [0.29, 0.717) is 36.7 Å². The van der Waals surface area contributed by atoms with Crippen LogP contribution in [0.1, 0.15) is 136 Å². The first kappa shape index (κ1) is 57.3. The van der Waals surface area contributed by atoms with E-state index in [0.717, 1.165) is 57.8 Å². The van der Waals surface area contributed by atoms with Crippen LogP contribution in [0.25, 0.3) is 0 Å². The Bertz CT molecular complexity index is 1460. The lowest BCUT2D eigenvalue weighted by Crippen LogP contribution is -2.37. The van der Waals surface area contributed by atoms with E-state index in [4.69, 9.17) is 18.5 Å². The predicted octanol–water partition coefficient (Wildman–Crippen LogP) is 11.7. The Kier molecular flexibility index (Phi) is 38.0. The molecule has 0 aromatic rings. The minimum absolute atomic E-state index is 0.0694. The molecule has 10 nitrogen and oxygen atoms in total. The number of hydrogen-bond donors (Lipinski definition) is 0. The molecular formula is C50H80NO9P. The summed E-state index contributed by atoms with van der Waals surface area (Å²) in [4.78, 5) is 49.2. The van der Waals surface area contributed by atoms with E-state index in [2.05, 4.69) is 62.5 Å². The molecule has 11 heteroatoms. The van der Waals surface area contributed by atoms with Crippen molar-refractivity contribution in [2.24, 2.45) is 0 Å². The molecule has 0 amide bonds. The number of quaternary nitrogens is 1. The van der Waals surface area contributed by atoms with Crippen LogP contribution >= 0.6 is 7.82 Å². The fourth-order valence-electron chi connectivity index (χ4n) is 5.17. The van der Waals surface area contributed by atoms with Gasteiger partial charge in [0.15, 0.2) is 11.9 Å². The smallest absolute Gasteiger partial charge is 0.306 e. The number of hydrogen-bond acceptors (Lipinski definition) is 9. The number of rotatable bonds is 39. The molecule has 1 unspecified atom stereocenters. The summed E-state index contributed by atoms with van der Waals surface area (Å²) in [5.41, 5.74) is 0. The zero-order chi connectivity index (χ0) is 45.1. The summed E-state index contributed by atoms with van der Waals surface area (Å²) in [6.07, 6.45) is 51.2. The summed E-state index contributed by atoms with van der Waals surface area (Å²) in [5.74, 6) is -0.883. The number of phosphoric ester groups is 1. The van der Waals surface area contributed by atoms with E-state index in [9.17, 15) is 23.8 Å². The molecular weight excluding hydrogens is 790 g/mol. The van der Waals surface area contributed by atoms with Gasteiger partial charge in [0.25, 0.3) is 7.82 Å². The van der Waals surface area contributed by atoms with Crippen LogP contribution in [0, 0.1) is 0 Å². The van der Waals surface area contributed by atoms with Crippen LogP contribution in [0.15, 0.2) is 109 Å². The van der Waals surface area contributed by atoms with E-state index >= 15 is 0 Å². The largest absolute Gasteiger partial charge is 0.756 e. The second kappa shape index (κ2) is 40.4. The maximum absolute atomic E-state index is 12.7. The molecule has 0 aliphatic carbocycles. The van der Waals surface area contributed by atoms with E-state index in [1.54, 1.807) is 12.2 Å². The van der Waals surface area contributed by atoms with Gasteiger partial charge in [0.2, 0.25) is 0 Å². The van der Waals surface area contributed by atoms with Gasteiger partial charge in [0.1, 0.15) is 19.8 Å². The molecule has 344 valence electrons. The lowest BCUT2D eigenvalue weighted by molar-refractivity contribution is -0.870. The summed E-state index contributed by atoms with van der Waals surface area (Å²) in [5, 5.41) is 0. The number of ether oxygens (including phenoxy) is 2. The van der Waals surface area contributed by atoms with Crippen molar-refractivity contribution in [1.82, 2.24) is 0 Å². The highest BCUT2D eigenvalue weighted by molar-refractivity contribution is 7.45. The van der Waals surface area contributed by atoms with Gasteiger partial charge in [-0.05, 0) is 83.1 Å². The van der Waals surface area contributed by atoms with Crippen LogP contribution in [-0.4, -0.2) is 75.8 Å². The van der Waals surface area contributed by atoms with Gasteiger partial charge < -0.3 is 27.9 Å². The fraction of sp³-hybridized carbons (Fsp3) is 0.580. The van der Waals surface area contributed by atoms with E-state index in [1.807, 2.05) is 69.8 Å². The van der Waals surface area contributed by atoms with Crippen molar-refractivity contribution >= 4 is 25.5 Å². The minimum atomic E-state index is -4.68. The Labute approximate surface area is 370 Å². The third-order valence-electron chi connectivity index (χ3n) is 8.76. The molecule has 0 spiro atoms. The predicted molar refractivity (Wildman–Crippen MR) is 250 cm³/mol. The van der Waals surface area contributed by atoms with Crippen LogP contribution in [0.5, 0.6) is 0 Å². The van der Waals surface area contributed by atoms with E-state index < -0.39 is 32.5 Å². The summed E-state index contributed by atoms with van der Waals surface area (Å²) < 4.78 is 33.7. The van der Waals surface area contributed by atoms with E-state index in [1.165, 1.54) is 25.7 Å². The van der Waals surface area contributed by atoms with Crippen LogP contribution in [0.4, 0.5) is 0 Å². The summed E-state index contributed by atoms with van der Waals surface area (Å²) >= 11 is 0. The molecule has 2 atom stereocenters. The summed E-state index contributed by atoms with van der Waals surface area (Å²) in [6, 6.07) is 0. The second-order valence-electron chi connectivity index (χ2n) is 15.7. The van der Waals surface area contributed by atoms with Crippen molar-refractivity contribution < 1.29 is 46.8 Å². The molecule has 0 N–H and O–H groups in total. The third kappa shape index (κ3) is 44.2. The maximum atomic E-state index is 12.7. The van der Waals surface area contributed by atoms with Crippen LogP contribution in [0.2, 0.25) is 0 Å². The number of nitrogens with zero attached hydrogens (tertiary/aromatic N) is 1. The number of esters is 2.